The monoisotopic (exact) mass is 255 g/mol. The molecule has 0 aliphatic heterocycles. The van der Waals surface area contributed by atoms with Crippen molar-refractivity contribution in [3.63, 3.8) is 0 Å². The number of hydrogen-bond donors (Lipinski definition) is 1. The van der Waals surface area contributed by atoms with Crippen molar-refractivity contribution in [2.75, 3.05) is 0 Å². The highest BCUT2D eigenvalue weighted by molar-refractivity contribution is 5.20. The summed E-state index contributed by atoms with van der Waals surface area (Å²) in [5.74, 6) is 2.40. The first-order chi connectivity index (χ1) is 8.49. The van der Waals surface area contributed by atoms with Crippen LogP contribution in [0.4, 0.5) is 13.2 Å². The lowest BCUT2D eigenvalue weighted by atomic mass is 10.0. The zero-order valence-corrected chi connectivity index (χ0v) is 10.2. The molecule has 0 aromatic heterocycles. The molecule has 0 amide bonds. The molecule has 0 heterocycles. The highest BCUT2D eigenvalue weighted by Gasteiger charge is 2.41. The predicted molar refractivity (Wildman–Crippen MR) is 65.9 cm³/mol. The molecule has 1 nitrogen and oxygen atoms in total. The number of halogens is 3. The van der Waals surface area contributed by atoms with Crippen LogP contribution < -0.4 is 5.32 Å². The molecule has 2 unspecified atom stereocenters. The number of rotatable bonds is 5. The van der Waals surface area contributed by atoms with Gasteiger partial charge in [0.1, 0.15) is 6.04 Å². The number of terminal acetylenes is 1. The molecule has 98 valence electrons. The van der Waals surface area contributed by atoms with Gasteiger partial charge in [0, 0.05) is 12.5 Å². The van der Waals surface area contributed by atoms with E-state index in [4.69, 9.17) is 6.42 Å². The molecule has 0 aliphatic rings. The topological polar surface area (TPSA) is 12.0 Å². The first kappa shape index (κ1) is 14.6. The second kappa shape index (κ2) is 6.46. The second-order valence-corrected chi connectivity index (χ2v) is 4.07. The van der Waals surface area contributed by atoms with Gasteiger partial charge in [-0.05, 0) is 12.0 Å². The Labute approximate surface area is 105 Å². The van der Waals surface area contributed by atoms with E-state index in [1.165, 1.54) is 12.1 Å². The highest BCUT2D eigenvalue weighted by Crippen LogP contribution is 2.33. The van der Waals surface area contributed by atoms with Crippen LogP contribution in [0.2, 0.25) is 0 Å². The first-order valence-electron chi connectivity index (χ1n) is 5.80. The van der Waals surface area contributed by atoms with Gasteiger partial charge >= 0.3 is 6.18 Å². The van der Waals surface area contributed by atoms with E-state index in [2.05, 4.69) is 11.2 Å². The van der Waals surface area contributed by atoms with Crippen molar-refractivity contribution in [2.45, 2.75) is 38.0 Å². The van der Waals surface area contributed by atoms with Crippen molar-refractivity contribution in [2.24, 2.45) is 0 Å². The molecular formula is C14H16F3N. The Morgan fingerprint density at radius 3 is 2.33 bits per heavy atom. The van der Waals surface area contributed by atoms with E-state index in [-0.39, 0.29) is 18.0 Å². The average molecular weight is 255 g/mol. The molecule has 0 aliphatic carbocycles. The van der Waals surface area contributed by atoms with Gasteiger partial charge in [0.2, 0.25) is 0 Å². The van der Waals surface area contributed by atoms with Crippen molar-refractivity contribution >= 4 is 0 Å². The van der Waals surface area contributed by atoms with Crippen LogP contribution in [0.1, 0.15) is 31.4 Å². The second-order valence-electron chi connectivity index (χ2n) is 4.07. The van der Waals surface area contributed by atoms with Crippen LogP contribution >= 0.6 is 0 Å². The summed E-state index contributed by atoms with van der Waals surface area (Å²) in [6.07, 6.45) is 1.67. The maximum absolute atomic E-state index is 13.0. The van der Waals surface area contributed by atoms with Crippen LogP contribution in [-0.4, -0.2) is 12.2 Å². The van der Waals surface area contributed by atoms with E-state index in [1.54, 1.807) is 18.2 Å². The number of alkyl halides is 3. The summed E-state index contributed by atoms with van der Waals surface area (Å²) in [6, 6.07) is 5.81. The zero-order chi connectivity index (χ0) is 13.6. The van der Waals surface area contributed by atoms with Crippen LogP contribution in [-0.2, 0) is 0 Å². The van der Waals surface area contributed by atoms with Crippen LogP contribution in [0.25, 0.3) is 0 Å². The van der Waals surface area contributed by atoms with E-state index >= 15 is 0 Å². The Bertz CT molecular complexity index is 392. The molecule has 0 saturated heterocycles. The number of hydrogen-bond acceptors (Lipinski definition) is 1. The molecule has 0 saturated carbocycles. The van der Waals surface area contributed by atoms with Gasteiger partial charge < -0.3 is 0 Å². The molecule has 1 aromatic carbocycles. The molecule has 1 rings (SSSR count). The summed E-state index contributed by atoms with van der Waals surface area (Å²) in [5, 5.41) is 2.59. The third-order valence-electron chi connectivity index (χ3n) is 2.72. The summed E-state index contributed by atoms with van der Waals surface area (Å²) in [5.41, 5.74) is 0.209. The Morgan fingerprint density at radius 1 is 1.28 bits per heavy atom. The summed E-state index contributed by atoms with van der Waals surface area (Å²) in [7, 11) is 0. The van der Waals surface area contributed by atoms with Gasteiger partial charge in [0.15, 0.2) is 0 Å². The lowest BCUT2D eigenvalue weighted by Crippen LogP contribution is -2.40. The Balaban J connectivity index is 2.91. The van der Waals surface area contributed by atoms with E-state index < -0.39 is 12.2 Å². The molecule has 0 spiro atoms. The summed E-state index contributed by atoms with van der Waals surface area (Å²) < 4.78 is 39.1. The van der Waals surface area contributed by atoms with Crippen LogP contribution in [0.15, 0.2) is 30.3 Å². The summed E-state index contributed by atoms with van der Waals surface area (Å²) >= 11 is 0. The third-order valence-corrected chi connectivity index (χ3v) is 2.72. The summed E-state index contributed by atoms with van der Waals surface area (Å²) in [6.45, 7) is 1.81. The molecule has 2 atom stereocenters. The van der Waals surface area contributed by atoms with Crippen molar-refractivity contribution in [1.29, 1.82) is 0 Å². The number of benzene rings is 1. The lowest BCUT2D eigenvalue weighted by molar-refractivity contribution is -0.159. The number of nitrogens with one attached hydrogen (secondary N) is 1. The normalized spacial score (nSPS) is 14.8. The minimum atomic E-state index is -4.33. The zero-order valence-electron chi connectivity index (χ0n) is 10.2. The fraction of sp³-hybridized carbons (Fsp3) is 0.429. The fourth-order valence-corrected chi connectivity index (χ4v) is 1.72. The molecule has 1 N–H and O–H groups in total. The lowest BCUT2D eigenvalue weighted by Gasteiger charge is -2.26. The van der Waals surface area contributed by atoms with E-state index in [1.807, 2.05) is 6.92 Å². The minimum Gasteiger partial charge on any atom is -0.299 e. The van der Waals surface area contributed by atoms with Crippen molar-refractivity contribution in [1.82, 2.24) is 5.32 Å². The van der Waals surface area contributed by atoms with Crippen molar-refractivity contribution in [3.8, 4) is 12.3 Å². The van der Waals surface area contributed by atoms with Gasteiger partial charge in [-0.2, -0.15) is 13.2 Å². The smallest absolute Gasteiger partial charge is 0.299 e. The van der Waals surface area contributed by atoms with Gasteiger partial charge in [-0.3, -0.25) is 5.32 Å². The van der Waals surface area contributed by atoms with Gasteiger partial charge in [-0.15, -0.1) is 12.3 Å². The Hall–Kier alpha value is -1.47. The van der Waals surface area contributed by atoms with Crippen LogP contribution in [0.5, 0.6) is 0 Å². The van der Waals surface area contributed by atoms with E-state index in [0.29, 0.717) is 6.42 Å². The molecule has 18 heavy (non-hydrogen) atoms. The molecule has 0 fully saturated rings. The molecule has 0 bridgehead atoms. The fourth-order valence-electron chi connectivity index (χ4n) is 1.72. The van der Waals surface area contributed by atoms with E-state index in [0.717, 1.165) is 0 Å². The molecular weight excluding hydrogens is 239 g/mol. The predicted octanol–water partition coefficient (Wildman–Crippen LogP) is 3.68. The Morgan fingerprint density at radius 2 is 1.89 bits per heavy atom. The SMILES string of the molecule is C#CCC(CC)NC(c1ccccc1)C(F)(F)F. The van der Waals surface area contributed by atoms with Gasteiger partial charge in [-0.25, -0.2) is 0 Å². The van der Waals surface area contributed by atoms with Crippen molar-refractivity contribution < 1.29 is 13.2 Å². The maximum Gasteiger partial charge on any atom is 0.407 e. The molecule has 4 heteroatoms. The van der Waals surface area contributed by atoms with E-state index in [9.17, 15) is 13.2 Å². The third kappa shape index (κ3) is 4.08. The minimum absolute atomic E-state index is 0.209. The largest absolute Gasteiger partial charge is 0.407 e. The van der Waals surface area contributed by atoms with Crippen LogP contribution in [0.3, 0.4) is 0 Å². The van der Waals surface area contributed by atoms with Gasteiger partial charge in [-0.1, -0.05) is 37.3 Å². The molecule has 0 radical (unpaired) electrons. The quantitative estimate of drug-likeness (QED) is 0.791. The first-order valence-corrected chi connectivity index (χ1v) is 5.80. The van der Waals surface area contributed by atoms with Crippen molar-refractivity contribution in [3.05, 3.63) is 35.9 Å². The van der Waals surface area contributed by atoms with Crippen LogP contribution in [0, 0.1) is 12.3 Å². The van der Waals surface area contributed by atoms with Gasteiger partial charge in [0.05, 0.1) is 0 Å². The maximum atomic E-state index is 13.0. The average Bonchev–Trinajstić information content (AvgIpc) is 2.34. The van der Waals surface area contributed by atoms with Gasteiger partial charge in [0.25, 0.3) is 0 Å². The standard InChI is InChI=1S/C14H16F3N/c1-3-8-12(4-2)18-13(14(15,16)17)11-9-6-5-7-10-11/h1,5-7,9-10,12-13,18H,4,8H2,2H3. The Kier molecular flexibility index (Phi) is 5.24. The highest BCUT2D eigenvalue weighted by atomic mass is 19.4. The summed E-state index contributed by atoms with van der Waals surface area (Å²) in [4.78, 5) is 0. The molecule has 1 aromatic rings.